The second kappa shape index (κ2) is 13.0. The van der Waals surface area contributed by atoms with E-state index in [2.05, 4.69) is 29.9 Å². The van der Waals surface area contributed by atoms with Crippen LogP contribution in [0.3, 0.4) is 0 Å². The maximum Gasteiger partial charge on any atom is 0.0894 e. The molecule has 37 heavy (non-hydrogen) atoms. The van der Waals surface area contributed by atoms with Crippen molar-refractivity contribution in [3.05, 3.63) is 134 Å². The van der Waals surface area contributed by atoms with Crippen molar-refractivity contribution in [1.82, 2.24) is 29.9 Å². The summed E-state index contributed by atoms with van der Waals surface area (Å²) in [7, 11) is 0. The molecule has 6 heterocycles. The first kappa shape index (κ1) is 25.6. The maximum atomic E-state index is 4.59. The van der Waals surface area contributed by atoms with Crippen LogP contribution >= 0.6 is 0 Å². The third-order valence-corrected chi connectivity index (χ3v) is 5.21. The summed E-state index contributed by atoms with van der Waals surface area (Å²) in [6, 6.07) is 35.0. The van der Waals surface area contributed by atoms with Crippen molar-refractivity contribution >= 4 is 0 Å². The minimum Gasteiger partial charge on any atom is -0.255 e. The van der Waals surface area contributed by atoms with Gasteiger partial charge in [-0.1, -0.05) is 36.4 Å². The van der Waals surface area contributed by atoms with Gasteiger partial charge in [0.2, 0.25) is 0 Å². The summed E-state index contributed by atoms with van der Waals surface area (Å²) in [6.45, 7) is 0. The molecule has 0 aliphatic heterocycles. The molecule has 0 atom stereocenters. The molecule has 0 aromatic carbocycles. The van der Waals surface area contributed by atoms with E-state index >= 15 is 0 Å². The zero-order valence-electron chi connectivity index (χ0n) is 20.1. The van der Waals surface area contributed by atoms with Crippen molar-refractivity contribution in [3.63, 3.8) is 0 Å². The summed E-state index contributed by atoms with van der Waals surface area (Å²) < 4.78 is 0. The Labute approximate surface area is 228 Å². The number of nitrogens with zero attached hydrogens (tertiary/aromatic N) is 6. The number of aromatic nitrogens is 6. The van der Waals surface area contributed by atoms with Crippen molar-refractivity contribution in [2.75, 3.05) is 0 Å². The van der Waals surface area contributed by atoms with Crippen LogP contribution in [0.1, 0.15) is 0 Å². The van der Waals surface area contributed by atoms with Gasteiger partial charge in [-0.05, 0) is 72.8 Å². The van der Waals surface area contributed by atoms with E-state index in [1.54, 1.807) is 24.8 Å². The van der Waals surface area contributed by atoms with Crippen LogP contribution in [0.2, 0.25) is 0 Å². The number of rotatable bonds is 4. The van der Waals surface area contributed by atoms with Gasteiger partial charge >= 0.3 is 0 Å². The van der Waals surface area contributed by atoms with E-state index in [1.165, 1.54) is 0 Å². The van der Waals surface area contributed by atoms with Gasteiger partial charge in [-0.15, -0.1) is 0 Å². The van der Waals surface area contributed by atoms with Gasteiger partial charge in [0.25, 0.3) is 0 Å². The number of pyridine rings is 6. The zero-order chi connectivity index (χ0) is 24.4. The zero-order valence-corrected chi connectivity index (χ0v) is 23.1. The van der Waals surface area contributed by atoms with Crippen molar-refractivity contribution in [3.8, 4) is 45.6 Å². The molecule has 0 bridgehead atoms. The minimum atomic E-state index is 0. The summed E-state index contributed by atoms with van der Waals surface area (Å²) in [6.07, 6.45) is 7.07. The molecular formula is C30H22N6Zn. The van der Waals surface area contributed by atoms with Gasteiger partial charge in [0.15, 0.2) is 0 Å². The van der Waals surface area contributed by atoms with Crippen LogP contribution in [-0.2, 0) is 19.5 Å². The van der Waals surface area contributed by atoms with Gasteiger partial charge in [0.1, 0.15) is 0 Å². The normalized spacial score (nSPS) is 9.95. The van der Waals surface area contributed by atoms with Gasteiger partial charge in [-0.2, -0.15) is 0 Å². The molecule has 0 aliphatic carbocycles. The molecule has 7 heteroatoms. The van der Waals surface area contributed by atoms with Crippen molar-refractivity contribution in [2.45, 2.75) is 0 Å². The van der Waals surface area contributed by atoms with Crippen LogP contribution in [-0.4, -0.2) is 29.9 Å². The van der Waals surface area contributed by atoms with E-state index in [1.807, 2.05) is 109 Å². The fraction of sp³-hybridized carbons (Fsp3) is 0. The first-order valence-corrected chi connectivity index (χ1v) is 11.5. The molecule has 6 nitrogen and oxygen atoms in total. The molecule has 0 saturated carbocycles. The van der Waals surface area contributed by atoms with E-state index in [9.17, 15) is 0 Å². The average molecular weight is 532 g/mol. The Morgan fingerprint density at radius 3 is 0.730 bits per heavy atom. The summed E-state index contributed by atoms with van der Waals surface area (Å²) in [5.74, 6) is 0. The van der Waals surface area contributed by atoms with Gasteiger partial charge in [0, 0.05) is 44.3 Å². The van der Waals surface area contributed by atoms with Crippen molar-refractivity contribution in [2.24, 2.45) is 0 Å². The number of hydrogen-bond acceptors (Lipinski definition) is 6. The summed E-state index contributed by atoms with van der Waals surface area (Å²) in [5.41, 5.74) is 6.92. The van der Waals surface area contributed by atoms with E-state index in [-0.39, 0.29) is 19.5 Å². The third-order valence-electron chi connectivity index (χ3n) is 5.21. The Balaban J connectivity index is 0.000000168. The fourth-order valence-electron chi connectivity index (χ4n) is 3.50. The molecule has 6 aromatic rings. The molecule has 0 aliphatic rings. The van der Waals surface area contributed by atoms with Crippen LogP contribution < -0.4 is 0 Å². The standard InChI is InChI=1S/2C15H11N3.Zn/c2*1-3-10-16-12(6-1)14-8-5-9-15(18-14)13-7-2-4-11-17-13;/h2*1-11H;. The molecule has 6 aromatic heterocycles. The van der Waals surface area contributed by atoms with Gasteiger partial charge < -0.3 is 0 Å². The van der Waals surface area contributed by atoms with Crippen molar-refractivity contribution < 1.29 is 19.5 Å². The molecule has 0 N–H and O–H groups in total. The Kier molecular flexibility index (Phi) is 9.00. The molecule has 0 amide bonds. The monoisotopic (exact) mass is 530 g/mol. The predicted molar refractivity (Wildman–Crippen MR) is 141 cm³/mol. The fourth-order valence-corrected chi connectivity index (χ4v) is 3.50. The molecular weight excluding hydrogens is 510 g/mol. The summed E-state index contributed by atoms with van der Waals surface area (Å²) in [5, 5.41) is 0. The molecule has 0 spiro atoms. The molecule has 174 valence electrons. The van der Waals surface area contributed by atoms with Crippen LogP contribution in [0.4, 0.5) is 0 Å². The molecule has 0 fully saturated rings. The minimum absolute atomic E-state index is 0. The first-order valence-electron chi connectivity index (χ1n) is 11.5. The molecule has 0 saturated heterocycles. The van der Waals surface area contributed by atoms with E-state index in [0.717, 1.165) is 45.6 Å². The SMILES string of the molecule is [Zn].c1ccc(-c2cccc(-c3ccccn3)n2)nc1.c1ccc(-c2cccc(-c3ccccn3)n2)nc1. The second-order valence-electron chi connectivity index (χ2n) is 7.68. The summed E-state index contributed by atoms with van der Waals surface area (Å²) >= 11 is 0. The maximum absolute atomic E-state index is 4.59. The predicted octanol–water partition coefficient (Wildman–Crippen LogP) is 6.41. The largest absolute Gasteiger partial charge is 0.255 e. The van der Waals surface area contributed by atoms with Crippen LogP contribution in [0.25, 0.3) is 45.6 Å². The Morgan fingerprint density at radius 2 is 0.514 bits per heavy atom. The Hall–Kier alpha value is -4.48. The van der Waals surface area contributed by atoms with E-state index < -0.39 is 0 Å². The average Bonchev–Trinajstić information content (AvgIpc) is 2.99. The molecule has 6 rings (SSSR count). The molecule has 0 unspecified atom stereocenters. The summed E-state index contributed by atoms with van der Waals surface area (Å²) in [4.78, 5) is 26.4. The van der Waals surface area contributed by atoms with Crippen LogP contribution in [0, 0.1) is 0 Å². The first-order chi connectivity index (χ1) is 17.9. The van der Waals surface area contributed by atoms with E-state index in [0.29, 0.717) is 0 Å². The second-order valence-corrected chi connectivity index (χ2v) is 7.68. The van der Waals surface area contributed by atoms with Gasteiger partial charge in [0.05, 0.1) is 45.6 Å². The Bertz CT molecular complexity index is 1290. The Morgan fingerprint density at radius 1 is 0.270 bits per heavy atom. The topological polar surface area (TPSA) is 77.3 Å². The van der Waals surface area contributed by atoms with Crippen LogP contribution in [0.5, 0.6) is 0 Å². The number of hydrogen-bond donors (Lipinski definition) is 0. The third kappa shape index (κ3) is 6.81. The smallest absolute Gasteiger partial charge is 0.0894 e. The van der Waals surface area contributed by atoms with Gasteiger partial charge in [-0.25, -0.2) is 9.97 Å². The van der Waals surface area contributed by atoms with Gasteiger partial charge in [-0.3, -0.25) is 19.9 Å². The van der Waals surface area contributed by atoms with E-state index in [4.69, 9.17) is 0 Å². The van der Waals surface area contributed by atoms with Crippen LogP contribution in [0.15, 0.2) is 134 Å². The molecule has 0 radical (unpaired) electrons. The van der Waals surface area contributed by atoms with Crippen molar-refractivity contribution in [1.29, 1.82) is 0 Å². The quantitative estimate of drug-likeness (QED) is 0.245.